The number of hydrogen-bond acceptors (Lipinski definition) is 2. The smallest absolute Gasteiger partial charge is 0.191 e. The first-order chi connectivity index (χ1) is 13.6. The van der Waals surface area contributed by atoms with Gasteiger partial charge in [0.25, 0.3) is 0 Å². The van der Waals surface area contributed by atoms with Gasteiger partial charge in [-0.2, -0.15) is 0 Å². The third kappa shape index (κ3) is 6.43. The Morgan fingerprint density at radius 2 is 1.93 bits per heavy atom. The van der Waals surface area contributed by atoms with Gasteiger partial charge in [-0.3, -0.25) is 4.99 Å². The molecule has 0 bridgehead atoms. The van der Waals surface area contributed by atoms with Crippen molar-refractivity contribution < 1.29 is 9.50 Å². The number of aromatic amines is 1. The minimum Gasteiger partial charge on any atom is -0.386 e. The minimum atomic E-state index is -0.639. The number of nitrogens with zero attached hydrogens (tertiary/aromatic N) is 1. The van der Waals surface area contributed by atoms with Gasteiger partial charge in [0.05, 0.1) is 12.6 Å². The van der Waals surface area contributed by atoms with Gasteiger partial charge in [-0.1, -0.05) is 29.8 Å². The molecule has 29 heavy (non-hydrogen) atoms. The molecule has 0 saturated heterocycles. The predicted molar refractivity (Wildman–Crippen MR) is 127 cm³/mol. The molecule has 1 aromatic heterocycles. The summed E-state index contributed by atoms with van der Waals surface area (Å²) in [7, 11) is 0. The van der Waals surface area contributed by atoms with Crippen LogP contribution in [0.25, 0.3) is 10.9 Å². The Bertz CT molecular complexity index is 940. The lowest BCUT2D eigenvalue weighted by Gasteiger charge is -2.13. The Labute approximate surface area is 187 Å². The fourth-order valence-electron chi connectivity index (χ4n) is 3.09. The molecule has 0 amide bonds. The SMILES string of the molecule is CCNC(=NCC(O)c1ccc(C)cc1)NCCc1c[nH]c2cc(F)ccc12.I. The van der Waals surface area contributed by atoms with Crippen LogP contribution in [0, 0.1) is 12.7 Å². The number of aryl methyl sites for hydroxylation is 1. The van der Waals surface area contributed by atoms with Crippen molar-refractivity contribution in [3.05, 3.63) is 71.2 Å². The van der Waals surface area contributed by atoms with Crippen LogP contribution in [0.5, 0.6) is 0 Å². The van der Waals surface area contributed by atoms with Gasteiger partial charge >= 0.3 is 0 Å². The summed E-state index contributed by atoms with van der Waals surface area (Å²) in [6, 6.07) is 12.6. The topological polar surface area (TPSA) is 72.4 Å². The molecule has 0 aliphatic carbocycles. The second kappa shape index (κ2) is 11.2. The highest BCUT2D eigenvalue weighted by atomic mass is 127. The molecule has 3 aromatic rings. The first-order valence-electron chi connectivity index (χ1n) is 9.59. The Morgan fingerprint density at radius 3 is 2.66 bits per heavy atom. The van der Waals surface area contributed by atoms with Gasteiger partial charge < -0.3 is 20.7 Å². The largest absolute Gasteiger partial charge is 0.386 e. The van der Waals surface area contributed by atoms with Crippen molar-refractivity contribution in [2.45, 2.75) is 26.4 Å². The van der Waals surface area contributed by atoms with Crippen LogP contribution in [0.4, 0.5) is 4.39 Å². The van der Waals surface area contributed by atoms with Crippen LogP contribution < -0.4 is 10.6 Å². The fraction of sp³-hybridized carbons (Fsp3) is 0.318. The van der Waals surface area contributed by atoms with E-state index >= 15 is 0 Å². The number of aliphatic hydroxyl groups is 1. The number of H-pyrrole nitrogens is 1. The average molecular weight is 510 g/mol. The average Bonchev–Trinajstić information content (AvgIpc) is 3.08. The minimum absolute atomic E-state index is 0. The molecular formula is C22H28FIN4O. The number of fused-ring (bicyclic) bond motifs is 1. The van der Waals surface area contributed by atoms with Crippen LogP contribution >= 0.6 is 24.0 Å². The molecule has 5 nitrogen and oxygen atoms in total. The van der Waals surface area contributed by atoms with Crippen LogP contribution in [-0.4, -0.2) is 35.7 Å². The van der Waals surface area contributed by atoms with Crippen molar-refractivity contribution in [2.24, 2.45) is 4.99 Å². The first-order valence-corrected chi connectivity index (χ1v) is 9.59. The zero-order valence-electron chi connectivity index (χ0n) is 16.7. The van der Waals surface area contributed by atoms with Gasteiger partial charge in [0, 0.05) is 30.2 Å². The molecule has 3 rings (SSSR count). The molecule has 1 heterocycles. The maximum Gasteiger partial charge on any atom is 0.191 e. The highest BCUT2D eigenvalue weighted by Crippen LogP contribution is 2.19. The van der Waals surface area contributed by atoms with E-state index in [1.165, 1.54) is 12.1 Å². The van der Waals surface area contributed by atoms with Gasteiger partial charge in [0.1, 0.15) is 5.82 Å². The summed E-state index contributed by atoms with van der Waals surface area (Å²) in [5.41, 5.74) is 3.94. The second-order valence-electron chi connectivity index (χ2n) is 6.83. The number of halogens is 2. The Kier molecular flexibility index (Phi) is 8.91. The molecule has 0 spiro atoms. The normalized spacial score (nSPS) is 12.5. The molecule has 1 atom stereocenters. The lowest BCUT2D eigenvalue weighted by atomic mass is 10.1. The van der Waals surface area contributed by atoms with E-state index in [1.54, 1.807) is 6.07 Å². The van der Waals surface area contributed by atoms with Gasteiger partial charge in [-0.15, -0.1) is 24.0 Å². The number of aromatic nitrogens is 1. The van der Waals surface area contributed by atoms with E-state index in [9.17, 15) is 9.50 Å². The zero-order valence-corrected chi connectivity index (χ0v) is 19.0. The molecule has 0 aliphatic heterocycles. The van der Waals surface area contributed by atoms with Crippen LogP contribution in [0.1, 0.15) is 29.7 Å². The monoisotopic (exact) mass is 510 g/mol. The quantitative estimate of drug-likeness (QED) is 0.220. The number of guanidine groups is 1. The van der Waals surface area contributed by atoms with E-state index in [1.807, 2.05) is 44.3 Å². The van der Waals surface area contributed by atoms with E-state index in [2.05, 4.69) is 20.6 Å². The number of benzene rings is 2. The molecule has 1 unspecified atom stereocenters. The third-order valence-electron chi connectivity index (χ3n) is 4.64. The van der Waals surface area contributed by atoms with Crippen molar-refractivity contribution in [3.63, 3.8) is 0 Å². The highest BCUT2D eigenvalue weighted by Gasteiger charge is 2.08. The summed E-state index contributed by atoms with van der Waals surface area (Å²) in [6.07, 6.45) is 2.05. The number of aliphatic hydroxyl groups excluding tert-OH is 1. The van der Waals surface area contributed by atoms with Gasteiger partial charge in [0.15, 0.2) is 5.96 Å². The molecule has 0 aliphatic rings. The highest BCUT2D eigenvalue weighted by molar-refractivity contribution is 14.0. The molecule has 0 radical (unpaired) electrons. The lowest BCUT2D eigenvalue weighted by Crippen LogP contribution is -2.38. The van der Waals surface area contributed by atoms with Gasteiger partial charge in [-0.25, -0.2) is 4.39 Å². The Hall–Kier alpha value is -2.13. The maximum absolute atomic E-state index is 13.3. The number of rotatable bonds is 7. The molecule has 0 fully saturated rings. The van der Waals surface area contributed by atoms with Gasteiger partial charge in [-0.05, 0) is 49.6 Å². The van der Waals surface area contributed by atoms with Crippen molar-refractivity contribution in [1.29, 1.82) is 0 Å². The summed E-state index contributed by atoms with van der Waals surface area (Å²) in [5, 5.41) is 17.9. The maximum atomic E-state index is 13.3. The number of aliphatic imine (C=N–C) groups is 1. The summed E-state index contributed by atoms with van der Waals surface area (Å²) in [6.45, 7) is 5.72. The molecule has 156 valence electrons. The molecular weight excluding hydrogens is 482 g/mol. The van der Waals surface area contributed by atoms with Crippen LogP contribution in [-0.2, 0) is 6.42 Å². The molecule has 0 saturated carbocycles. The standard InChI is InChI=1S/C22H27FN4O.HI/c1-3-24-22(27-14-21(28)16-6-4-15(2)5-7-16)25-11-10-17-13-26-20-12-18(23)8-9-19(17)20;/h4-9,12-13,21,26,28H,3,10-11,14H2,1-2H3,(H2,24,25,27);1H. The Morgan fingerprint density at radius 1 is 1.17 bits per heavy atom. The molecule has 7 heteroatoms. The van der Waals surface area contributed by atoms with E-state index in [-0.39, 0.29) is 36.3 Å². The number of hydrogen-bond donors (Lipinski definition) is 4. The van der Waals surface area contributed by atoms with Crippen LogP contribution in [0.2, 0.25) is 0 Å². The second-order valence-corrected chi connectivity index (χ2v) is 6.83. The van der Waals surface area contributed by atoms with Crippen molar-refractivity contribution in [1.82, 2.24) is 15.6 Å². The molecule has 2 aromatic carbocycles. The van der Waals surface area contributed by atoms with Crippen molar-refractivity contribution in [3.8, 4) is 0 Å². The van der Waals surface area contributed by atoms with Crippen LogP contribution in [0.3, 0.4) is 0 Å². The lowest BCUT2D eigenvalue weighted by molar-refractivity contribution is 0.187. The summed E-state index contributed by atoms with van der Waals surface area (Å²) < 4.78 is 13.3. The first kappa shape index (κ1) is 23.2. The Balaban J connectivity index is 0.00000300. The summed E-state index contributed by atoms with van der Waals surface area (Å²) >= 11 is 0. The van der Waals surface area contributed by atoms with E-state index in [0.29, 0.717) is 12.5 Å². The molecule has 4 N–H and O–H groups in total. The van der Waals surface area contributed by atoms with E-state index in [0.717, 1.165) is 40.6 Å². The van der Waals surface area contributed by atoms with Crippen LogP contribution in [0.15, 0.2) is 53.7 Å². The number of nitrogens with one attached hydrogen (secondary N) is 3. The summed E-state index contributed by atoms with van der Waals surface area (Å²) in [4.78, 5) is 7.60. The van der Waals surface area contributed by atoms with E-state index in [4.69, 9.17) is 0 Å². The zero-order chi connectivity index (χ0) is 19.9. The van der Waals surface area contributed by atoms with Crippen molar-refractivity contribution >= 4 is 40.8 Å². The van der Waals surface area contributed by atoms with Crippen molar-refractivity contribution in [2.75, 3.05) is 19.6 Å². The fourth-order valence-corrected chi connectivity index (χ4v) is 3.09. The third-order valence-corrected chi connectivity index (χ3v) is 4.64. The van der Waals surface area contributed by atoms with E-state index < -0.39 is 6.10 Å². The predicted octanol–water partition coefficient (Wildman–Crippen LogP) is 4.06. The van der Waals surface area contributed by atoms with Gasteiger partial charge in [0.2, 0.25) is 0 Å². The summed E-state index contributed by atoms with van der Waals surface area (Å²) in [5.74, 6) is 0.423.